The second-order valence-corrected chi connectivity index (χ2v) is 5.51. The molecule has 18 heavy (non-hydrogen) atoms. The quantitative estimate of drug-likeness (QED) is 0.614. The highest BCUT2D eigenvalue weighted by Crippen LogP contribution is 2.44. The van der Waals surface area contributed by atoms with Gasteiger partial charge in [-0.3, -0.25) is 0 Å². The smallest absolute Gasteiger partial charge is 0.0893 e. The van der Waals surface area contributed by atoms with Crippen LogP contribution in [0.3, 0.4) is 0 Å². The molecular weight excluding hydrogens is 242 g/mol. The second kappa shape index (κ2) is 4.86. The first-order valence-corrected chi connectivity index (χ1v) is 6.78. The van der Waals surface area contributed by atoms with Gasteiger partial charge in [-0.25, -0.2) is 0 Å². The zero-order valence-corrected chi connectivity index (χ0v) is 10.6. The standard InChI is InChI=1S/C15H13NOS/c17-16-13-10-15(11-6-2-1-3-7-11)18-14-9-5-4-8-12(13)14/h1-9,15,17H,10H2/b16-13-. The summed E-state index contributed by atoms with van der Waals surface area (Å²) in [7, 11) is 0. The number of fused-ring (bicyclic) bond motifs is 1. The molecule has 1 atom stereocenters. The maximum atomic E-state index is 9.18. The minimum atomic E-state index is 0.326. The molecule has 0 aliphatic carbocycles. The van der Waals surface area contributed by atoms with Crippen LogP contribution in [-0.2, 0) is 0 Å². The van der Waals surface area contributed by atoms with Gasteiger partial charge in [0.15, 0.2) is 0 Å². The third kappa shape index (κ3) is 2.02. The number of hydrogen-bond donors (Lipinski definition) is 1. The average Bonchev–Trinajstić information content (AvgIpc) is 2.47. The number of benzene rings is 2. The van der Waals surface area contributed by atoms with Crippen LogP contribution < -0.4 is 0 Å². The summed E-state index contributed by atoms with van der Waals surface area (Å²) in [6, 6.07) is 18.5. The van der Waals surface area contributed by atoms with E-state index in [9.17, 15) is 5.21 Å². The van der Waals surface area contributed by atoms with Crippen LogP contribution >= 0.6 is 11.8 Å². The topological polar surface area (TPSA) is 32.6 Å². The number of thioether (sulfide) groups is 1. The van der Waals surface area contributed by atoms with Crippen molar-refractivity contribution in [2.45, 2.75) is 16.6 Å². The highest BCUT2D eigenvalue weighted by molar-refractivity contribution is 7.99. The highest BCUT2D eigenvalue weighted by atomic mass is 32.2. The maximum absolute atomic E-state index is 9.18. The van der Waals surface area contributed by atoms with E-state index in [4.69, 9.17) is 0 Å². The predicted molar refractivity (Wildman–Crippen MR) is 74.4 cm³/mol. The maximum Gasteiger partial charge on any atom is 0.0893 e. The first kappa shape index (κ1) is 11.4. The summed E-state index contributed by atoms with van der Waals surface area (Å²) in [5.41, 5.74) is 3.11. The van der Waals surface area contributed by atoms with Crippen LogP contribution in [0.5, 0.6) is 0 Å². The fourth-order valence-electron chi connectivity index (χ4n) is 2.24. The third-order valence-corrected chi connectivity index (χ3v) is 4.47. The molecule has 2 aromatic rings. The lowest BCUT2D eigenvalue weighted by Crippen LogP contribution is -2.13. The van der Waals surface area contributed by atoms with Crippen molar-refractivity contribution in [3.05, 3.63) is 65.7 Å². The van der Waals surface area contributed by atoms with E-state index < -0.39 is 0 Å². The van der Waals surface area contributed by atoms with Crippen molar-refractivity contribution in [3.8, 4) is 0 Å². The highest BCUT2D eigenvalue weighted by Gasteiger charge is 2.25. The van der Waals surface area contributed by atoms with Gasteiger partial charge in [0.2, 0.25) is 0 Å². The lowest BCUT2D eigenvalue weighted by molar-refractivity contribution is 0.317. The van der Waals surface area contributed by atoms with Crippen molar-refractivity contribution in [2.24, 2.45) is 5.16 Å². The van der Waals surface area contributed by atoms with Crippen molar-refractivity contribution in [1.82, 2.24) is 0 Å². The summed E-state index contributed by atoms with van der Waals surface area (Å²) in [5.74, 6) is 0. The molecule has 1 heterocycles. The summed E-state index contributed by atoms with van der Waals surface area (Å²) in [6.45, 7) is 0. The van der Waals surface area contributed by atoms with Crippen molar-refractivity contribution >= 4 is 17.5 Å². The molecule has 1 unspecified atom stereocenters. The molecule has 1 aliphatic heterocycles. The van der Waals surface area contributed by atoms with Gasteiger partial charge in [-0.1, -0.05) is 53.7 Å². The molecule has 0 bridgehead atoms. The normalized spacial score (nSPS) is 20.7. The Morgan fingerprint density at radius 3 is 2.50 bits per heavy atom. The van der Waals surface area contributed by atoms with Gasteiger partial charge < -0.3 is 5.21 Å². The van der Waals surface area contributed by atoms with Gasteiger partial charge in [0, 0.05) is 22.1 Å². The Kier molecular flexibility index (Phi) is 3.07. The second-order valence-electron chi connectivity index (χ2n) is 4.26. The van der Waals surface area contributed by atoms with Crippen LogP contribution in [0.25, 0.3) is 0 Å². The van der Waals surface area contributed by atoms with E-state index in [1.807, 2.05) is 48.2 Å². The van der Waals surface area contributed by atoms with Crippen molar-refractivity contribution in [3.63, 3.8) is 0 Å². The SMILES string of the molecule is O/N=C1/CC(c2ccccc2)Sc2ccccc21. The van der Waals surface area contributed by atoms with Gasteiger partial charge in [-0.05, 0) is 11.6 Å². The van der Waals surface area contributed by atoms with Crippen molar-refractivity contribution in [1.29, 1.82) is 0 Å². The molecule has 1 N–H and O–H groups in total. The molecule has 2 aromatic carbocycles. The molecular formula is C15H13NOS. The van der Waals surface area contributed by atoms with Gasteiger partial charge >= 0.3 is 0 Å². The molecule has 0 spiro atoms. The first-order chi connectivity index (χ1) is 8.88. The minimum absolute atomic E-state index is 0.326. The molecule has 90 valence electrons. The zero-order valence-electron chi connectivity index (χ0n) is 9.78. The first-order valence-electron chi connectivity index (χ1n) is 5.90. The van der Waals surface area contributed by atoms with Crippen molar-refractivity contribution < 1.29 is 5.21 Å². The van der Waals surface area contributed by atoms with Crippen LogP contribution in [0.15, 0.2) is 64.6 Å². The van der Waals surface area contributed by atoms with E-state index in [-0.39, 0.29) is 0 Å². The van der Waals surface area contributed by atoms with E-state index in [1.165, 1.54) is 10.5 Å². The lowest BCUT2D eigenvalue weighted by atomic mass is 10.0. The molecule has 0 fully saturated rings. The van der Waals surface area contributed by atoms with E-state index in [0.717, 1.165) is 17.7 Å². The molecule has 0 aromatic heterocycles. The van der Waals surface area contributed by atoms with E-state index in [1.54, 1.807) is 0 Å². The van der Waals surface area contributed by atoms with E-state index in [0.29, 0.717) is 5.25 Å². The zero-order chi connectivity index (χ0) is 12.4. The number of nitrogens with zero attached hydrogens (tertiary/aromatic N) is 1. The van der Waals surface area contributed by atoms with Crippen LogP contribution in [0, 0.1) is 0 Å². The summed E-state index contributed by atoms with van der Waals surface area (Å²) in [6.07, 6.45) is 0.766. The van der Waals surface area contributed by atoms with Crippen LogP contribution in [0.1, 0.15) is 22.8 Å². The Bertz CT molecular complexity index is 580. The van der Waals surface area contributed by atoms with E-state index >= 15 is 0 Å². The van der Waals surface area contributed by atoms with Gasteiger partial charge in [-0.2, -0.15) is 0 Å². The van der Waals surface area contributed by atoms with Crippen LogP contribution in [0.2, 0.25) is 0 Å². The Morgan fingerprint density at radius 2 is 1.72 bits per heavy atom. The fourth-order valence-corrected chi connectivity index (χ4v) is 3.55. The Hall–Kier alpha value is -1.74. The van der Waals surface area contributed by atoms with Gasteiger partial charge in [-0.15, -0.1) is 11.8 Å². The summed E-state index contributed by atoms with van der Waals surface area (Å²) < 4.78 is 0. The predicted octanol–water partition coefficient (Wildman–Crippen LogP) is 4.10. The summed E-state index contributed by atoms with van der Waals surface area (Å²) in [4.78, 5) is 1.19. The molecule has 2 nitrogen and oxygen atoms in total. The Morgan fingerprint density at radius 1 is 1.00 bits per heavy atom. The summed E-state index contributed by atoms with van der Waals surface area (Å²) in [5, 5.41) is 13.0. The molecule has 0 saturated heterocycles. The van der Waals surface area contributed by atoms with Gasteiger partial charge in [0.05, 0.1) is 5.71 Å². The molecule has 3 rings (SSSR count). The largest absolute Gasteiger partial charge is 0.411 e. The fraction of sp³-hybridized carbons (Fsp3) is 0.133. The lowest BCUT2D eigenvalue weighted by Gasteiger charge is -2.24. The van der Waals surface area contributed by atoms with E-state index in [2.05, 4.69) is 23.4 Å². The Balaban J connectivity index is 2.00. The summed E-state index contributed by atoms with van der Waals surface area (Å²) >= 11 is 1.84. The molecule has 0 saturated carbocycles. The molecule has 0 amide bonds. The van der Waals surface area contributed by atoms with Crippen molar-refractivity contribution in [2.75, 3.05) is 0 Å². The number of rotatable bonds is 1. The molecule has 1 aliphatic rings. The number of hydrogen-bond acceptors (Lipinski definition) is 3. The van der Waals surface area contributed by atoms with Crippen LogP contribution in [0.4, 0.5) is 0 Å². The van der Waals surface area contributed by atoms with Gasteiger partial charge in [0.1, 0.15) is 0 Å². The average molecular weight is 255 g/mol. The van der Waals surface area contributed by atoms with Crippen LogP contribution in [-0.4, -0.2) is 10.9 Å². The molecule has 3 heteroatoms. The third-order valence-electron chi connectivity index (χ3n) is 3.14. The monoisotopic (exact) mass is 255 g/mol. The van der Waals surface area contributed by atoms with Gasteiger partial charge in [0.25, 0.3) is 0 Å². The minimum Gasteiger partial charge on any atom is -0.411 e. The molecule has 0 radical (unpaired) electrons. The number of oxime groups is 1. The Labute approximate surface area is 110 Å².